The summed E-state index contributed by atoms with van der Waals surface area (Å²) in [7, 11) is 0. The predicted octanol–water partition coefficient (Wildman–Crippen LogP) is 3.97. The summed E-state index contributed by atoms with van der Waals surface area (Å²) in [5.41, 5.74) is 6.15. The maximum absolute atomic E-state index is 14.5. The molecule has 2 aromatic heterocycles. The van der Waals surface area contributed by atoms with Crippen molar-refractivity contribution in [2.45, 2.75) is 57.9 Å². The molecule has 4 heterocycles. The molecule has 0 amide bonds. The standard InChI is InChI=1S/C27H34F3N7O3/c1-4-5-6-7-19(18(3)37-11-8-17(2)35-37)23(27(28,29)30)40-22-14-21(33-25(31)34-22)36-12-9-26(10-13-36)15-20(24(38)39)32-16-26/h5-8,11,14,20,23,32H,3-4,9-10,12-13,15-16H2,1-2H3,(H,38,39)(H2,31,33,34)/b6-5+,19-7+/t20-,23+/m0/s1. The Kier molecular flexibility index (Phi) is 8.52. The van der Waals surface area contributed by atoms with E-state index in [0.29, 0.717) is 56.8 Å². The number of halogens is 3. The van der Waals surface area contributed by atoms with Gasteiger partial charge in [-0.15, -0.1) is 0 Å². The van der Waals surface area contributed by atoms with E-state index in [1.165, 1.54) is 29.1 Å². The van der Waals surface area contributed by atoms with Crippen LogP contribution in [-0.2, 0) is 4.79 Å². The minimum atomic E-state index is -4.81. The summed E-state index contributed by atoms with van der Waals surface area (Å²) in [5, 5.41) is 16.6. The van der Waals surface area contributed by atoms with Crippen molar-refractivity contribution in [3.8, 4) is 5.88 Å². The zero-order valence-electron chi connectivity index (χ0n) is 22.5. The minimum absolute atomic E-state index is 0.00426. The molecule has 0 saturated carbocycles. The van der Waals surface area contributed by atoms with Crippen molar-refractivity contribution in [1.82, 2.24) is 25.1 Å². The number of rotatable bonds is 9. The Morgan fingerprint density at radius 3 is 2.67 bits per heavy atom. The monoisotopic (exact) mass is 561 g/mol. The Morgan fingerprint density at radius 1 is 1.38 bits per heavy atom. The van der Waals surface area contributed by atoms with Gasteiger partial charge in [0.2, 0.25) is 17.9 Å². The second kappa shape index (κ2) is 11.7. The van der Waals surface area contributed by atoms with Crippen molar-refractivity contribution in [2.24, 2.45) is 5.41 Å². The number of allylic oxidation sites excluding steroid dienone is 3. The van der Waals surface area contributed by atoms with Crippen LogP contribution in [0.2, 0.25) is 0 Å². The first-order valence-corrected chi connectivity index (χ1v) is 13.1. The number of aromatic nitrogens is 4. The van der Waals surface area contributed by atoms with Crippen LogP contribution in [0.25, 0.3) is 5.70 Å². The molecule has 2 saturated heterocycles. The van der Waals surface area contributed by atoms with Crippen LogP contribution in [0.4, 0.5) is 24.9 Å². The molecule has 4 N–H and O–H groups in total. The van der Waals surface area contributed by atoms with Crippen LogP contribution in [0.5, 0.6) is 5.88 Å². The maximum Gasteiger partial charge on any atom is 0.429 e. The molecule has 13 heteroatoms. The molecule has 2 aliphatic heterocycles. The smallest absolute Gasteiger partial charge is 0.429 e. The van der Waals surface area contributed by atoms with Crippen LogP contribution in [0.3, 0.4) is 0 Å². The third kappa shape index (κ3) is 6.64. The molecule has 4 rings (SSSR count). The highest BCUT2D eigenvalue weighted by molar-refractivity contribution is 5.74. The second-order valence-electron chi connectivity index (χ2n) is 10.2. The molecule has 10 nitrogen and oxygen atoms in total. The van der Waals surface area contributed by atoms with Gasteiger partial charge in [0.05, 0.1) is 11.4 Å². The van der Waals surface area contributed by atoms with Gasteiger partial charge in [0, 0.05) is 37.5 Å². The first-order valence-electron chi connectivity index (χ1n) is 13.1. The first kappa shape index (κ1) is 29.1. The minimum Gasteiger partial charge on any atom is -0.480 e. The number of alkyl halides is 3. The third-order valence-electron chi connectivity index (χ3n) is 7.31. The van der Waals surface area contributed by atoms with Crippen molar-refractivity contribution >= 4 is 23.4 Å². The molecule has 0 bridgehead atoms. The summed E-state index contributed by atoms with van der Waals surface area (Å²) < 4.78 is 50.2. The van der Waals surface area contributed by atoms with Gasteiger partial charge in [0.15, 0.2) is 0 Å². The Labute approximate surface area is 230 Å². The van der Waals surface area contributed by atoms with Gasteiger partial charge in [-0.3, -0.25) is 4.79 Å². The van der Waals surface area contributed by atoms with E-state index in [2.05, 4.69) is 27.0 Å². The van der Waals surface area contributed by atoms with Crippen LogP contribution in [0.15, 0.2) is 48.7 Å². The normalized spacial score (nSPS) is 20.3. The molecule has 0 radical (unpaired) electrons. The van der Waals surface area contributed by atoms with Gasteiger partial charge in [-0.2, -0.15) is 28.2 Å². The Morgan fingerprint density at radius 2 is 2.10 bits per heavy atom. The lowest BCUT2D eigenvalue weighted by atomic mass is 9.76. The summed E-state index contributed by atoms with van der Waals surface area (Å²) in [6.07, 6.45) is 1.44. The van der Waals surface area contributed by atoms with E-state index in [0.717, 1.165) is 0 Å². The third-order valence-corrected chi connectivity index (χ3v) is 7.31. The predicted molar refractivity (Wildman–Crippen MR) is 145 cm³/mol. The van der Waals surface area contributed by atoms with Crippen LogP contribution in [0.1, 0.15) is 38.3 Å². The van der Waals surface area contributed by atoms with Crippen LogP contribution in [-0.4, -0.2) is 68.8 Å². The van der Waals surface area contributed by atoms with E-state index < -0.39 is 24.3 Å². The summed E-state index contributed by atoms with van der Waals surface area (Å²) >= 11 is 0. The van der Waals surface area contributed by atoms with Gasteiger partial charge in [0.1, 0.15) is 11.9 Å². The van der Waals surface area contributed by atoms with Gasteiger partial charge in [-0.1, -0.05) is 31.7 Å². The molecule has 216 valence electrons. The molecule has 0 unspecified atom stereocenters. The number of hydrogen-bond donors (Lipinski definition) is 3. The van der Waals surface area contributed by atoms with Gasteiger partial charge >= 0.3 is 12.1 Å². The number of carboxylic acid groups (broad SMARTS) is 1. The number of nitrogens with two attached hydrogens (primary N) is 1. The number of anilines is 2. The number of piperidine rings is 1. The molecule has 2 aromatic rings. The SMILES string of the molecule is C=C(/C(=C\C=C\CC)[C@@H](Oc1cc(N2CCC3(CC2)CN[C@H](C(=O)O)C3)nc(N)n1)C(F)(F)F)n1ccc(C)n1. The largest absolute Gasteiger partial charge is 0.480 e. The van der Waals surface area contributed by atoms with E-state index in [1.54, 1.807) is 19.1 Å². The van der Waals surface area contributed by atoms with E-state index >= 15 is 0 Å². The van der Waals surface area contributed by atoms with Crippen molar-refractivity contribution in [3.63, 3.8) is 0 Å². The molecule has 0 aliphatic carbocycles. The fourth-order valence-corrected chi connectivity index (χ4v) is 5.10. The number of nitrogens with one attached hydrogen (secondary N) is 1. The van der Waals surface area contributed by atoms with Crippen LogP contribution < -0.4 is 20.7 Å². The summed E-state index contributed by atoms with van der Waals surface area (Å²) in [4.78, 5) is 21.5. The van der Waals surface area contributed by atoms with Crippen molar-refractivity contribution < 1.29 is 27.8 Å². The number of aryl methyl sites for hydroxylation is 1. The van der Waals surface area contributed by atoms with Crippen molar-refractivity contribution in [1.29, 1.82) is 0 Å². The number of hydrogen-bond acceptors (Lipinski definition) is 8. The van der Waals surface area contributed by atoms with Crippen molar-refractivity contribution in [2.75, 3.05) is 30.3 Å². The van der Waals surface area contributed by atoms with Crippen LogP contribution in [0, 0.1) is 12.3 Å². The molecule has 0 aromatic carbocycles. The molecule has 2 aliphatic rings. The summed E-state index contributed by atoms with van der Waals surface area (Å²) in [6.45, 7) is 9.14. The lowest BCUT2D eigenvalue weighted by Crippen LogP contribution is -2.41. The van der Waals surface area contributed by atoms with Crippen LogP contribution >= 0.6 is 0 Å². The van der Waals surface area contributed by atoms with Gasteiger partial charge in [-0.25, -0.2) is 4.68 Å². The van der Waals surface area contributed by atoms with Gasteiger partial charge in [0.25, 0.3) is 0 Å². The second-order valence-corrected chi connectivity index (χ2v) is 10.2. The zero-order valence-corrected chi connectivity index (χ0v) is 22.5. The summed E-state index contributed by atoms with van der Waals surface area (Å²) in [6, 6.07) is 2.44. The fraction of sp³-hybridized carbons (Fsp3) is 0.481. The maximum atomic E-state index is 14.5. The Balaban J connectivity index is 1.58. The highest BCUT2D eigenvalue weighted by Crippen LogP contribution is 2.41. The van der Waals surface area contributed by atoms with Gasteiger partial charge in [-0.05, 0) is 44.1 Å². The molecule has 1 spiro atoms. The molecular weight excluding hydrogens is 527 g/mol. The highest BCUT2D eigenvalue weighted by atomic mass is 19.4. The average molecular weight is 562 g/mol. The number of aliphatic carboxylic acids is 1. The molecular formula is C27H34F3N7O3. The van der Waals surface area contributed by atoms with Crippen molar-refractivity contribution in [3.05, 3.63) is 54.4 Å². The number of nitrogens with zero attached hydrogens (tertiary/aromatic N) is 5. The Hall–Kier alpha value is -3.87. The number of carboxylic acids is 1. The number of carbonyl (C=O) groups is 1. The molecule has 40 heavy (non-hydrogen) atoms. The summed E-state index contributed by atoms with van der Waals surface area (Å²) in [5.74, 6) is -1.07. The fourth-order valence-electron chi connectivity index (χ4n) is 5.10. The lowest BCUT2D eigenvalue weighted by Gasteiger charge is -2.39. The average Bonchev–Trinajstić information content (AvgIpc) is 3.51. The topological polar surface area (TPSA) is 131 Å². The Bertz CT molecular complexity index is 1300. The lowest BCUT2D eigenvalue weighted by molar-refractivity contribution is -0.182. The first-order chi connectivity index (χ1) is 18.9. The number of nitrogen functional groups attached to an aromatic ring is 1. The molecule has 2 fully saturated rings. The number of ether oxygens (including phenoxy) is 1. The van der Waals surface area contributed by atoms with Gasteiger partial charge < -0.3 is 25.8 Å². The molecule has 2 atom stereocenters. The zero-order chi connectivity index (χ0) is 29.1. The highest BCUT2D eigenvalue weighted by Gasteiger charge is 2.46. The van der Waals surface area contributed by atoms with E-state index in [9.17, 15) is 23.1 Å². The quantitative estimate of drug-likeness (QED) is 0.389. The van der Waals surface area contributed by atoms with E-state index in [-0.39, 0.29) is 28.5 Å². The van der Waals surface area contributed by atoms with E-state index in [1.807, 2.05) is 11.8 Å². The van der Waals surface area contributed by atoms with E-state index in [4.69, 9.17) is 10.5 Å².